The topological polar surface area (TPSA) is 112 Å². The van der Waals surface area contributed by atoms with Crippen LogP contribution in [0.15, 0.2) is 28.3 Å². The normalized spacial score (nSPS) is 16.3. The van der Waals surface area contributed by atoms with Crippen LogP contribution >= 0.6 is 0 Å². The van der Waals surface area contributed by atoms with Gasteiger partial charge in [-0.2, -0.15) is 0 Å². The fourth-order valence-electron chi connectivity index (χ4n) is 2.50. The Morgan fingerprint density at radius 1 is 1.45 bits per heavy atom. The van der Waals surface area contributed by atoms with Crippen LogP contribution in [0.4, 0.5) is 0 Å². The largest absolute Gasteiger partial charge is 0.409 e. The molecule has 0 atom stereocenters. The van der Waals surface area contributed by atoms with E-state index in [-0.39, 0.29) is 29.9 Å². The zero-order valence-electron chi connectivity index (χ0n) is 11.1. The predicted molar refractivity (Wildman–Crippen MR) is 73.8 cm³/mol. The number of hydrogen-bond acceptors (Lipinski definition) is 4. The van der Waals surface area contributed by atoms with Gasteiger partial charge in [-0.3, -0.25) is 9.59 Å². The van der Waals surface area contributed by atoms with Gasteiger partial charge in [-0.15, -0.1) is 0 Å². The number of aromatic nitrogens is 1. The van der Waals surface area contributed by atoms with Crippen LogP contribution in [-0.4, -0.2) is 39.4 Å². The summed E-state index contributed by atoms with van der Waals surface area (Å²) in [7, 11) is 0. The highest BCUT2D eigenvalue weighted by Gasteiger charge is 2.28. The Hall–Kier alpha value is -2.31. The quantitative estimate of drug-likeness (QED) is 0.322. The Balaban J connectivity index is 2.22. The first kappa shape index (κ1) is 14.1. The third kappa shape index (κ3) is 3.17. The predicted octanol–water partition coefficient (Wildman–Crippen LogP) is 0.506. The highest BCUT2D eigenvalue weighted by molar-refractivity contribution is 5.97. The number of nitrogens with one attached hydrogen (secondary N) is 1. The molecule has 20 heavy (non-hydrogen) atoms. The lowest BCUT2D eigenvalue weighted by Crippen LogP contribution is -2.44. The van der Waals surface area contributed by atoms with Gasteiger partial charge in [0.1, 0.15) is 0 Å². The molecule has 108 valence electrons. The van der Waals surface area contributed by atoms with Gasteiger partial charge >= 0.3 is 0 Å². The van der Waals surface area contributed by atoms with Gasteiger partial charge in [0.15, 0.2) is 5.84 Å². The smallest absolute Gasteiger partial charge is 0.255 e. The van der Waals surface area contributed by atoms with Gasteiger partial charge in [0.05, 0.1) is 12.1 Å². The van der Waals surface area contributed by atoms with Gasteiger partial charge in [-0.25, -0.2) is 0 Å². The van der Waals surface area contributed by atoms with Crippen molar-refractivity contribution in [3.8, 4) is 0 Å². The SMILES string of the molecule is N/C(CN(C(=O)c1ccc(=O)[nH]c1)C1CCCC1)=N/O. The number of nitrogens with two attached hydrogens (primary N) is 1. The molecule has 0 spiro atoms. The third-order valence-corrected chi connectivity index (χ3v) is 3.52. The van der Waals surface area contributed by atoms with Crippen molar-refractivity contribution >= 4 is 11.7 Å². The summed E-state index contributed by atoms with van der Waals surface area (Å²) in [6, 6.07) is 2.88. The van der Waals surface area contributed by atoms with Crippen LogP contribution in [0.5, 0.6) is 0 Å². The molecule has 1 heterocycles. The van der Waals surface area contributed by atoms with E-state index in [0.29, 0.717) is 5.56 Å². The molecule has 1 saturated carbocycles. The average Bonchev–Trinajstić information content (AvgIpc) is 2.98. The van der Waals surface area contributed by atoms with Crippen molar-refractivity contribution in [3.05, 3.63) is 34.2 Å². The Morgan fingerprint density at radius 2 is 2.15 bits per heavy atom. The Bertz CT molecular complexity index is 540. The van der Waals surface area contributed by atoms with Crippen LogP contribution in [0, 0.1) is 0 Å². The van der Waals surface area contributed by atoms with Crippen LogP contribution in [0.25, 0.3) is 0 Å². The fraction of sp³-hybridized carbons (Fsp3) is 0.462. The highest BCUT2D eigenvalue weighted by Crippen LogP contribution is 2.24. The molecule has 2 rings (SSSR count). The molecule has 1 aliphatic rings. The van der Waals surface area contributed by atoms with Gasteiger partial charge < -0.3 is 20.8 Å². The van der Waals surface area contributed by atoms with Gasteiger partial charge in [0.2, 0.25) is 5.56 Å². The van der Waals surface area contributed by atoms with Crippen LogP contribution in [0.2, 0.25) is 0 Å². The third-order valence-electron chi connectivity index (χ3n) is 3.52. The molecular weight excluding hydrogens is 260 g/mol. The van der Waals surface area contributed by atoms with Crippen molar-refractivity contribution in [1.82, 2.24) is 9.88 Å². The second-order valence-electron chi connectivity index (χ2n) is 4.90. The molecular formula is C13H18N4O3. The van der Waals surface area contributed by atoms with Crippen LogP contribution in [0.1, 0.15) is 36.0 Å². The molecule has 0 aliphatic heterocycles. The summed E-state index contributed by atoms with van der Waals surface area (Å²) < 4.78 is 0. The molecule has 7 nitrogen and oxygen atoms in total. The van der Waals surface area contributed by atoms with Crippen molar-refractivity contribution < 1.29 is 10.0 Å². The molecule has 0 aromatic carbocycles. The summed E-state index contributed by atoms with van der Waals surface area (Å²) in [4.78, 5) is 27.6. The van der Waals surface area contributed by atoms with E-state index in [2.05, 4.69) is 10.1 Å². The lowest BCUT2D eigenvalue weighted by molar-refractivity contribution is 0.0712. The van der Waals surface area contributed by atoms with E-state index in [1.807, 2.05) is 0 Å². The van der Waals surface area contributed by atoms with Gasteiger partial charge in [0.25, 0.3) is 5.91 Å². The first-order valence-electron chi connectivity index (χ1n) is 6.58. The monoisotopic (exact) mass is 278 g/mol. The number of oxime groups is 1. The van der Waals surface area contributed by atoms with E-state index in [0.717, 1.165) is 25.7 Å². The van der Waals surface area contributed by atoms with Crippen molar-refractivity contribution in [2.24, 2.45) is 10.9 Å². The highest BCUT2D eigenvalue weighted by atomic mass is 16.4. The standard InChI is InChI=1S/C13H18N4O3/c14-11(16-20)8-17(10-3-1-2-4-10)13(19)9-5-6-12(18)15-7-9/h5-7,10,20H,1-4,8H2,(H2,14,16)(H,15,18). The van der Waals surface area contributed by atoms with E-state index in [9.17, 15) is 9.59 Å². The van der Waals surface area contributed by atoms with Crippen LogP contribution in [-0.2, 0) is 0 Å². The first-order valence-corrected chi connectivity index (χ1v) is 6.58. The lowest BCUT2D eigenvalue weighted by atomic mass is 10.1. The molecule has 4 N–H and O–H groups in total. The Morgan fingerprint density at radius 3 is 2.70 bits per heavy atom. The minimum absolute atomic E-state index is 0.00493. The number of amides is 1. The number of pyridine rings is 1. The van der Waals surface area contributed by atoms with E-state index in [1.165, 1.54) is 18.3 Å². The van der Waals surface area contributed by atoms with Gasteiger partial charge in [0, 0.05) is 18.3 Å². The summed E-state index contributed by atoms with van der Waals surface area (Å²) in [5.74, 6) is -0.227. The van der Waals surface area contributed by atoms with Gasteiger partial charge in [-0.05, 0) is 18.9 Å². The summed E-state index contributed by atoms with van der Waals surface area (Å²) in [6.07, 6.45) is 5.34. The maximum Gasteiger partial charge on any atom is 0.255 e. The molecule has 1 fully saturated rings. The number of H-pyrrole nitrogens is 1. The average molecular weight is 278 g/mol. The molecule has 1 aromatic heterocycles. The summed E-state index contributed by atoms with van der Waals surface area (Å²) in [5.41, 5.74) is 5.66. The Labute approximate surface area is 116 Å². The summed E-state index contributed by atoms with van der Waals surface area (Å²) >= 11 is 0. The number of carbonyl (C=O) groups is 1. The number of hydrogen-bond donors (Lipinski definition) is 3. The number of amidine groups is 1. The van der Waals surface area contributed by atoms with Gasteiger partial charge in [-0.1, -0.05) is 18.0 Å². The van der Waals surface area contributed by atoms with Crippen molar-refractivity contribution in [2.45, 2.75) is 31.7 Å². The minimum atomic E-state index is -0.259. The molecule has 1 aliphatic carbocycles. The zero-order valence-corrected chi connectivity index (χ0v) is 11.1. The van der Waals surface area contributed by atoms with Crippen molar-refractivity contribution in [3.63, 3.8) is 0 Å². The number of aromatic amines is 1. The van der Waals surface area contributed by atoms with Crippen LogP contribution in [0.3, 0.4) is 0 Å². The summed E-state index contributed by atoms with van der Waals surface area (Å²) in [6.45, 7) is 0.0825. The molecule has 0 bridgehead atoms. The molecule has 0 saturated heterocycles. The van der Waals surface area contributed by atoms with E-state index < -0.39 is 0 Å². The van der Waals surface area contributed by atoms with Crippen LogP contribution < -0.4 is 11.3 Å². The first-order chi connectivity index (χ1) is 9.61. The molecule has 1 aromatic rings. The van der Waals surface area contributed by atoms with Crippen molar-refractivity contribution in [2.75, 3.05) is 6.54 Å². The number of carbonyl (C=O) groups excluding carboxylic acids is 1. The van der Waals surface area contributed by atoms with E-state index in [1.54, 1.807) is 4.90 Å². The number of rotatable bonds is 4. The number of nitrogens with zero attached hydrogens (tertiary/aromatic N) is 2. The second kappa shape index (κ2) is 6.23. The molecule has 0 radical (unpaired) electrons. The molecule has 7 heteroatoms. The molecule has 0 unspecified atom stereocenters. The summed E-state index contributed by atoms with van der Waals surface area (Å²) in [5, 5.41) is 11.6. The maximum absolute atomic E-state index is 12.5. The Kier molecular flexibility index (Phi) is 4.39. The van der Waals surface area contributed by atoms with Crippen molar-refractivity contribution in [1.29, 1.82) is 0 Å². The fourth-order valence-corrected chi connectivity index (χ4v) is 2.50. The second-order valence-corrected chi connectivity index (χ2v) is 4.90. The lowest BCUT2D eigenvalue weighted by Gasteiger charge is -2.28. The van der Waals surface area contributed by atoms with E-state index in [4.69, 9.17) is 10.9 Å². The minimum Gasteiger partial charge on any atom is -0.409 e. The maximum atomic E-state index is 12.5. The van der Waals surface area contributed by atoms with E-state index >= 15 is 0 Å². The molecule has 1 amide bonds. The zero-order chi connectivity index (χ0) is 14.5.